The minimum absolute atomic E-state index is 0.150. The van der Waals surface area contributed by atoms with E-state index in [1.807, 2.05) is 0 Å². The molecule has 0 radical (unpaired) electrons. The summed E-state index contributed by atoms with van der Waals surface area (Å²) in [5.74, 6) is -0.557. The zero-order valence-corrected chi connectivity index (χ0v) is 17.4. The van der Waals surface area contributed by atoms with Crippen LogP contribution in [0.2, 0.25) is 0 Å². The number of nitrogens with two attached hydrogens (primary N) is 1. The Labute approximate surface area is 176 Å². The lowest BCUT2D eigenvalue weighted by atomic mass is 10.1. The molecular formula is C21H25N3O5S. The Bertz CT molecular complexity index is 982. The Morgan fingerprint density at radius 3 is 2.17 bits per heavy atom. The molecule has 0 saturated carbocycles. The van der Waals surface area contributed by atoms with Crippen molar-refractivity contribution < 1.29 is 22.7 Å². The van der Waals surface area contributed by atoms with Gasteiger partial charge in [-0.15, -0.1) is 0 Å². The number of ether oxygens (including phenoxy) is 1. The van der Waals surface area contributed by atoms with Crippen LogP contribution in [0.4, 0.5) is 5.69 Å². The lowest BCUT2D eigenvalue weighted by Crippen LogP contribution is -2.40. The third kappa shape index (κ3) is 5.88. The number of amides is 2. The van der Waals surface area contributed by atoms with Crippen molar-refractivity contribution in [1.82, 2.24) is 4.31 Å². The van der Waals surface area contributed by atoms with Crippen LogP contribution in [0.25, 0.3) is 0 Å². The number of anilines is 1. The van der Waals surface area contributed by atoms with Crippen molar-refractivity contribution >= 4 is 27.5 Å². The van der Waals surface area contributed by atoms with Gasteiger partial charge >= 0.3 is 0 Å². The van der Waals surface area contributed by atoms with Crippen molar-refractivity contribution in [2.75, 3.05) is 31.6 Å². The molecule has 2 amide bonds. The zero-order valence-electron chi connectivity index (χ0n) is 16.5. The zero-order chi connectivity index (χ0) is 21.6. The lowest BCUT2D eigenvalue weighted by Gasteiger charge is -2.26. The lowest BCUT2D eigenvalue weighted by molar-refractivity contribution is -0.117. The molecule has 0 bridgehead atoms. The fraction of sp³-hybridized carbons (Fsp3) is 0.333. The smallest absolute Gasteiger partial charge is 0.243 e. The van der Waals surface area contributed by atoms with Crippen LogP contribution < -0.4 is 11.1 Å². The molecule has 3 N–H and O–H groups in total. The molecule has 2 aromatic rings. The molecule has 0 aromatic heterocycles. The first-order chi connectivity index (χ1) is 14.3. The number of benzene rings is 2. The number of carbonyl (C=O) groups is 2. The van der Waals surface area contributed by atoms with Gasteiger partial charge in [-0.3, -0.25) is 9.59 Å². The molecule has 0 atom stereocenters. The highest BCUT2D eigenvalue weighted by Gasteiger charge is 2.26. The maximum atomic E-state index is 12.6. The second-order valence-corrected chi connectivity index (χ2v) is 8.99. The highest BCUT2D eigenvalue weighted by atomic mass is 32.2. The van der Waals surface area contributed by atoms with E-state index >= 15 is 0 Å². The third-order valence-corrected chi connectivity index (χ3v) is 6.70. The summed E-state index contributed by atoms with van der Waals surface area (Å²) < 4.78 is 31.9. The van der Waals surface area contributed by atoms with Gasteiger partial charge in [0.25, 0.3) is 0 Å². The highest BCUT2D eigenvalue weighted by Crippen LogP contribution is 2.18. The summed E-state index contributed by atoms with van der Waals surface area (Å²) in [4.78, 5) is 23.3. The number of nitrogens with zero attached hydrogens (tertiary/aromatic N) is 1. The van der Waals surface area contributed by atoms with E-state index in [0.29, 0.717) is 38.4 Å². The maximum Gasteiger partial charge on any atom is 0.243 e. The molecule has 0 spiro atoms. The molecule has 9 heteroatoms. The Hall–Kier alpha value is -2.75. The largest absolute Gasteiger partial charge is 0.379 e. The maximum absolute atomic E-state index is 12.6. The molecule has 1 aliphatic heterocycles. The van der Waals surface area contributed by atoms with Crippen LogP contribution in [0, 0.1) is 0 Å². The van der Waals surface area contributed by atoms with Gasteiger partial charge in [-0.25, -0.2) is 8.42 Å². The van der Waals surface area contributed by atoms with Crippen molar-refractivity contribution in [2.24, 2.45) is 5.73 Å². The second-order valence-electron chi connectivity index (χ2n) is 7.05. The van der Waals surface area contributed by atoms with Gasteiger partial charge in [-0.05, 0) is 41.8 Å². The van der Waals surface area contributed by atoms with Crippen LogP contribution >= 0.6 is 0 Å². The minimum Gasteiger partial charge on any atom is -0.379 e. The van der Waals surface area contributed by atoms with Crippen LogP contribution in [-0.2, 0) is 37.2 Å². The molecule has 1 heterocycles. The molecule has 3 rings (SSSR count). The van der Waals surface area contributed by atoms with Gasteiger partial charge in [-0.1, -0.05) is 24.3 Å². The number of morpholine rings is 1. The third-order valence-electron chi connectivity index (χ3n) is 4.79. The van der Waals surface area contributed by atoms with Gasteiger partial charge in [0.05, 0.1) is 24.5 Å². The first-order valence-corrected chi connectivity index (χ1v) is 11.1. The van der Waals surface area contributed by atoms with Gasteiger partial charge in [0.2, 0.25) is 21.8 Å². The number of carbonyl (C=O) groups excluding carboxylic acids is 2. The molecule has 1 saturated heterocycles. The van der Waals surface area contributed by atoms with E-state index in [9.17, 15) is 18.0 Å². The molecule has 160 valence electrons. The van der Waals surface area contributed by atoms with Crippen LogP contribution in [0.3, 0.4) is 0 Å². The Kier molecular flexibility index (Phi) is 7.20. The average molecular weight is 432 g/mol. The number of primary amides is 1. The van der Waals surface area contributed by atoms with E-state index < -0.39 is 15.9 Å². The minimum atomic E-state index is -3.52. The van der Waals surface area contributed by atoms with E-state index in [4.69, 9.17) is 10.5 Å². The molecule has 8 nitrogen and oxygen atoms in total. The van der Waals surface area contributed by atoms with Crippen LogP contribution in [0.5, 0.6) is 0 Å². The molecule has 0 unspecified atom stereocenters. The molecule has 2 aromatic carbocycles. The fourth-order valence-corrected chi connectivity index (χ4v) is 4.56. The molecule has 1 aliphatic rings. The molecule has 0 aliphatic carbocycles. The summed E-state index contributed by atoms with van der Waals surface area (Å²) in [6.45, 7) is 1.52. The summed E-state index contributed by atoms with van der Waals surface area (Å²) in [7, 11) is -3.52. The standard InChI is InChI=1S/C21H25N3O5S/c22-20(25)15-17-1-6-18(7-2-17)23-21(26)10-5-16-3-8-19(9-4-16)30(27,28)24-11-13-29-14-12-24/h1-4,6-9H,5,10-15H2,(H2,22,25)(H,23,26). The first-order valence-electron chi connectivity index (χ1n) is 9.68. The SMILES string of the molecule is NC(=O)Cc1ccc(NC(=O)CCc2ccc(S(=O)(=O)N3CCOCC3)cc2)cc1. The Balaban J connectivity index is 1.52. The predicted octanol–water partition coefficient (Wildman–Crippen LogP) is 1.31. The topological polar surface area (TPSA) is 119 Å². The number of hydrogen-bond acceptors (Lipinski definition) is 5. The first kappa shape index (κ1) is 21.9. The van der Waals surface area contributed by atoms with Crippen molar-refractivity contribution in [3.05, 3.63) is 59.7 Å². The van der Waals surface area contributed by atoms with Gasteiger partial charge < -0.3 is 15.8 Å². The average Bonchev–Trinajstić information content (AvgIpc) is 2.74. The summed E-state index contributed by atoms with van der Waals surface area (Å²) >= 11 is 0. The normalized spacial score (nSPS) is 14.9. The summed E-state index contributed by atoms with van der Waals surface area (Å²) in [6.07, 6.45) is 0.910. The number of aryl methyl sites for hydroxylation is 1. The number of hydrogen-bond donors (Lipinski definition) is 2. The van der Waals surface area contributed by atoms with Crippen molar-refractivity contribution in [3.8, 4) is 0 Å². The monoisotopic (exact) mass is 431 g/mol. The number of rotatable bonds is 8. The highest BCUT2D eigenvalue weighted by molar-refractivity contribution is 7.89. The predicted molar refractivity (Wildman–Crippen MR) is 112 cm³/mol. The second kappa shape index (κ2) is 9.84. The Morgan fingerprint density at radius 2 is 1.57 bits per heavy atom. The summed E-state index contributed by atoms with van der Waals surface area (Å²) in [6, 6.07) is 13.6. The summed E-state index contributed by atoms with van der Waals surface area (Å²) in [5.41, 5.74) is 7.46. The van der Waals surface area contributed by atoms with Crippen LogP contribution in [-0.4, -0.2) is 50.8 Å². The van der Waals surface area contributed by atoms with Gasteiger partial charge in [0, 0.05) is 25.2 Å². The number of nitrogens with one attached hydrogen (secondary N) is 1. The molecular weight excluding hydrogens is 406 g/mol. The summed E-state index contributed by atoms with van der Waals surface area (Å²) in [5, 5.41) is 2.80. The van der Waals surface area contributed by atoms with Gasteiger partial charge in [0.15, 0.2) is 0 Å². The molecule has 30 heavy (non-hydrogen) atoms. The fourth-order valence-electron chi connectivity index (χ4n) is 3.15. The molecule has 1 fully saturated rings. The van der Waals surface area contributed by atoms with Crippen molar-refractivity contribution in [3.63, 3.8) is 0 Å². The van der Waals surface area contributed by atoms with E-state index in [1.54, 1.807) is 48.5 Å². The quantitative estimate of drug-likeness (QED) is 0.653. The van der Waals surface area contributed by atoms with Gasteiger partial charge in [-0.2, -0.15) is 4.31 Å². The van der Waals surface area contributed by atoms with Crippen molar-refractivity contribution in [1.29, 1.82) is 0 Å². The number of sulfonamides is 1. The Morgan fingerprint density at radius 1 is 0.967 bits per heavy atom. The van der Waals surface area contributed by atoms with E-state index in [1.165, 1.54) is 4.31 Å². The van der Waals surface area contributed by atoms with Crippen LogP contribution in [0.15, 0.2) is 53.4 Å². The van der Waals surface area contributed by atoms with E-state index in [-0.39, 0.29) is 23.6 Å². The van der Waals surface area contributed by atoms with Crippen molar-refractivity contribution in [2.45, 2.75) is 24.2 Å². The van der Waals surface area contributed by atoms with Gasteiger partial charge in [0.1, 0.15) is 0 Å². The van der Waals surface area contributed by atoms with E-state index in [2.05, 4.69) is 5.32 Å². The van der Waals surface area contributed by atoms with E-state index in [0.717, 1.165) is 11.1 Å². The van der Waals surface area contributed by atoms with Crippen LogP contribution in [0.1, 0.15) is 17.5 Å².